The molecule has 1 aromatic carbocycles. The van der Waals surface area contributed by atoms with Gasteiger partial charge in [0.25, 0.3) is 0 Å². The van der Waals surface area contributed by atoms with E-state index in [1.165, 1.54) is 11.1 Å². The van der Waals surface area contributed by atoms with Crippen LogP contribution in [0.15, 0.2) is 64.8 Å². The van der Waals surface area contributed by atoms with Crippen LogP contribution in [0.5, 0.6) is 0 Å². The summed E-state index contributed by atoms with van der Waals surface area (Å²) >= 11 is 0. The lowest BCUT2D eigenvalue weighted by atomic mass is 9.92. The molecule has 2 heterocycles. The molecule has 1 aromatic rings. The third-order valence-electron chi connectivity index (χ3n) is 5.71. The lowest BCUT2D eigenvalue weighted by Gasteiger charge is -2.27. The highest BCUT2D eigenvalue weighted by Gasteiger charge is 2.27. The first-order valence-electron chi connectivity index (χ1n) is 10.4. The van der Waals surface area contributed by atoms with Gasteiger partial charge in [0.15, 0.2) is 0 Å². The molecule has 4 heteroatoms. The Morgan fingerprint density at radius 2 is 2.07 bits per heavy atom. The minimum atomic E-state index is -0.134. The van der Waals surface area contributed by atoms with Crippen molar-refractivity contribution < 1.29 is 4.39 Å². The van der Waals surface area contributed by atoms with Gasteiger partial charge < -0.3 is 10.6 Å². The van der Waals surface area contributed by atoms with Gasteiger partial charge in [0.1, 0.15) is 11.7 Å². The Kier molecular flexibility index (Phi) is 6.86. The largest absolute Gasteiger partial charge is 0.330 e. The summed E-state index contributed by atoms with van der Waals surface area (Å²) in [6.45, 7) is 11.8. The van der Waals surface area contributed by atoms with Gasteiger partial charge in [-0.2, -0.15) is 0 Å². The summed E-state index contributed by atoms with van der Waals surface area (Å²) in [5.74, 6) is 0.838. The van der Waals surface area contributed by atoms with Gasteiger partial charge >= 0.3 is 0 Å². The highest BCUT2D eigenvalue weighted by molar-refractivity contribution is 6.01. The molecule has 29 heavy (non-hydrogen) atoms. The van der Waals surface area contributed by atoms with Crippen LogP contribution in [-0.4, -0.2) is 29.9 Å². The molecule has 2 N–H and O–H groups in total. The van der Waals surface area contributed by atoms with E-state index >= 15 is 0 Å². The number of rotatable bonds is 8. The van der Waals surface area contributed by atoms with Gasteiger partial charge in [-0.15, -0.1) is 0 Å². The van der Waals surface area contributed by atoms with E-state index in [-0.39, 0.29) is 5.82 Å². The number of nitrogens with zero attached hydrogens (tertiary/aromatic N) is 2. The lowest BCUT2D eigenvalue weighted by Crippen LogP contribution is -2.34. The molecule has 1 unspecified atom stereocenters. The standard InChI is InChI=1S/C25H32FN3/c1-17(2)21(18(3)4)7-5-9-23-22(8-6-10-24(23)26)19-11-12-25-28-15-20(13-14-27)29(25)16-19/h6,8,10-12,16,20H,1,5,7,9,13-15,27H2,2-4H3. The number of fused-ring (bicyclic) bond motifs is 1. The number of benzene rings is 1. The molecule has 2 aliphatic heterocycles. The molecule has 0 fully saturated rings. The van der Waals surface area contributed by atoms with Crippen molar-refractivity contribution in [3.05, 3.63) is 76.8 Å². The molecule has 0 aliphatic carbocycles. The maximum absolute atomic E-state index is 14.8. The Labute approximate surface area is 174 Å². The Morgan fingerprint density at radius 3 is 2.76 bits per heavy atom. The SMILES string of the molecule is C=C(C)C(CCCc1c(F)cccc1C1=CN2C(=NCC2CCN)C=C1)=C(C)C. The summed E-state index contributed by atoms with van der Waals surface area (Å²) < 4.78 is 14.8. The molecule has 0 bridgehead atoms. The van der Waals surface area contributed by atoms with E-state index in [1.54, 1.807) is 12.1 Å². The van der Waals surface area contributed by atoms with Crippen molar-refractivity contribution in [2.24, 2.45) is 10.7 Å². The molecule has 0 spiro atoms. The fraction of sp³-hybridized carbons (Fsp3) is 0.400. The van der Waals surface area contributed by atoms with E-state index in [9.17, 15) is 4.39 Å². The molecule has 154 valence electrons. The molecule has 0 amide bonds. The van der Waals surface area contributed by atoms with E-state index in [4.69, 9.17) is 5.73 Å². The fourth-order valence-electron chi connectivity index (χ4n) is 4.22. The number of amidine groups is 1. The van der Waals surface area contributed by atoms with E-state index in [0.717, 1.165) is 53.9 Å². The van der Waals surface area contributed by atoms with Crippen LogP contribution in [0.25, 0.3) is 5.57 Å². The zero-order chi connectivity index (χ0) is 21.0. The number of allylic oxidation sites excluding steroid dienone is 5. The van der Waals surface area contributed by atoms with E-state index in [0.29, 0.717) is 19.0 Å². The zero-order valence-electron chi connectivity index (χ0n) is 17.8. The summed E-state index contributed by atoms with van der Waals surface area (Å²) in [7, 11) is 0. The van der Waals surface area contributed by atoms with E-state index in [2.05, 4.69) is 36.5 Å². The monoisotopic (exact) mass is 393 g/mol. The van der Waals surface area contributed by atoms with Crippen molar-refractivity contribution in [2.45, 2.75) is 52.5 Å². The predicted molar refractivity (Wildman–Crippen MR) is 121 cm³/mol. The molecule has 0 aromatic heterocycles. The maximum Gasteiger partial charge on any atom is 0.127 e. The van der Waals surface area contributed by atoms with Crippen LogP contribution in [0.4, 0.5) is 4.39 Å². The van der Waals surface area contributed by atoms with Crippen molar-refractivity contribution in [3.8, 4) is 0 Å². The Hall–Kier alpha value is -2.46. The second kappa shape index (κ2) is 9.36. The van der Waals surface area contributed by atoms with Gasteiger partial charge in [0, 0.05) is 6.20 Å². The first-order chi connectivity index (χ1) is 13.9. The third-order valence-corrected chi connectivity index (χ3v) is 5.71. The highest BCUT2D eigenvalue weighted by Crippen LogP contribution is 2.30. The van der Waals surface area contributed by atoms with E-state index < -0.39 is 0 Å². The predicted octanol–water partition coefficient (Wildman–Crippen LogP) is 5.40. The summed E-state index contributed by atoms with van der Waals surface area (Å²) in [5, 5.41) is 0. The average Bonchev–Trinajstić information content (AvgIpc) is 3.08. The molecule has 0 saturated heterocycles. The second-order valence-corrected chi connectivity index (χ2v) is 8.13. The van der Waals surface area contributed by atoms with Crippen molar-refractivity contribution >= 4 is 11.4 Å². The quantitative estimate of drug-likeness (QED) is 0.601. The average molecular weight is 394 g/mol. The minimum absolute atomic E-state index is 0.134. The van der Waals surface area contributed by atoms with E-state index in [1.807, 2.05) is 25.1 Å². The highest BCUT2D eigenvalue weighted by atomic mass is 19.1. The summed E-state index contributed by atoms with van der Waals surface area (Å²) in [6.07, 6.45) is 9.60. The number of aliphatic imine (C=N–C) groups is 1. The molecule has 0 saturated carbocycles. The summed E-state index contributed by atoms with van der Waals surface area (Å²) in [4.78, 5) is 6.79. The first-order valence-corrected chi connectivity index (χ1v) is 10.4. The molecule has 3 nitrogen and oxygen atoms in total. The van der Waals surface area contributed by atoms with Gasteiger partial charge in [-0.25, -0.2) is 4.39 Å². The Balaban J connectivity index is 1.83. The van der Waals surface area contributed by atoms with Crippen molar-refractivity contribution in [3.63, 3.8) is 0 Å². The topological polar surface area (TPSA) is 41.6 Å². The molecule has 2 aliphatic rings. The molecule has 0 radical (unpaired) electrons. The van der Waals surface area contributed by atoms with Gasteiger partial charge in [-0.05, 0) is 93.5 Å². The normalized spacial score (nSPS) is 17.7. The Morgan fingerprint density at radius 1 is 1.28 bits per heavy atom. The molecular formula is C25H32FN3. The summed E-state index contributed by atoms with van der Waals surface area (Å²) in [6, 6.07) is 5.67. The molecular weight excluding hydrogens is 361 g/mol. The maximum atomic E-state index is 14.8. The number of hydrogen-bond donors (Lipinski definition) is 1. The van der Waals surface area contributed by atoms with Crippen LogP contribution in [0.3, 0.4) is 0 Å². The lowest BCUT2D eigenvalue weighted by molar-refractivity contribution is 0.421. The van der Waals surface area contributed by atoms with Crippen LogP contribution in [-0.2, 0) is 6.42 Å². The number of nitrogens with two attached hydrogens (primary N) is 1. The van der Waals surface area contributed by atoms with Crippen LogP contribution in [0.1, 0.15) is 51.2 Å². The number of hydrogen-bond acceptors (Lipinski definition) is 3. The minimum Gasteiger partial charge on any atom is -0.330 e. The van der Waals surface area contributed by atoms with Crippen LogP contribution in [0, 0.1) is 5.82 Å². The zero-order valence-corrected chi connectivity index (χ0v) is 17.8. The van der Waals surface area contributed by atoms with Gasteiger partial charge in [0.05, 0.1) is 12.6 Å². The number of halogens is 1. The van der Waals surface area contributed by atoms with Crippen LogP contribution >= 0.6 is 0 Å². The molecule has 1 atom stereocenters. The van der Waals surface area contributed by atoms with Crippen molar-refractivity contribution in [1.29, 1.82) is 0 Å². The fourth-order valence-corrected chi connectivity index (χ4v) is 4.22. The summed E-state index contributed by atoms with van der Waals surface area (Å²) in [5.41, 5.74) is 12.2. The second-order valence-electron chi connectivity index (χ2n) is 8.13. The molecule has 3 rings (SSSR count). The van der Waals surface area contributed by atoms with Crippen LogP contribution in [0.2, 0.25) is 0 Å². The van der Waals surface area contributed by atoms with Gasteiger partial charge in [-0.1, -0.05) is 29.9 Å². The first kappa shape index (κ1) is 21.3. The smallest absolute Gasteiger partial charge is 0.127 e. The Bertz CT molecular complexity index is 901. The van der Waals surface area contributed by atoms with Gasteiger partial charge in [-0.3, -0.25) is 4.99 Å². The van der Waals surface area contributed by atoms with Crippen molar-refractivity contribution in [2.75, 3.05) is 13.1 Å². The third kappa shape index (κ3) is 4.76. The van der Waals surface area contributed by atoms with Gasteiger partial charge in [0.2, 0.25) is 0 Å². The van der Waals surface area contributed by atoms with Crippen molar-refractivity contribution in [1.82, 2.24) is 4.90 Å². The van der Waals surface area contributed by atoms with Crippen LogP contribution < -0.4 is 5.73 Å².